The molecule has 94 valence electrons. The maximum Gasteiger partial charge on any atom is 0.407 e. The van der Waals surface area contributed by atoms with Gasteiger partial charge in [0.2, 0.25) is 0 Å². The van der Waals surface area contributed by atoms with Crippen molar-refractivity contribution in [3.05, 3.63) is 29.6 Å². The van der Waals surface area contributed by atoms with Crippen molar-refractivity contribution >= 4 is 18.5 Å². The van der Waals surface area contributed by atoms with Gasteiger partial charge in [-0.1, -0.05) is 12.1 Å². The number of benzene rings is 1. The lowest BCUT2D eigenvalue weighted by molar-refractivity contribution is 0.115. The molecule has 0 radical (unpaired) electrons. The molecule has 17 heavy (non-hydrogen) atoms. The molecule has 1 N–H and O–H groups in total. The zero-order valence-corrected chi connectivity index (χ0v) is 10.1. The van der Waals surface area contributed by atoms with Gasteiger partial charge in [-0.2, -0.15) is 0 Å². The van der Waals surface area contributed by atoms with Crippen LogP contribution in [0.2, 0.25) is 0 Å². The van der Waals surface area contributed by atoms with Gasteiger partial charge in [-0.15, -0.1) is 12.4 Å². The topological polar surface area (TPSA) is 47.6 Å². The van der Waals surface area contributed by atoms with Gasteiger partial charge in [0, 0.05) is 12.0 Å². The summed E-state index contributed by atoms with van der Waals surface area (Å²) in [5.74, 6) is -0.254. The van der Waals surface area contributed by atoms with Crippen molar-refractivity contribution in [3.8, 4) is 5.75 Å². The molecule has 1 saturated heterocycles. The predicted molar refractivity (Wildman–Crippen MR) is 62.0 cm³/mol. The normalized spacial score (nSPS) is 18.7. The highest BCUT2D eigenvalue weighted by Crippen LogP contribution is 2.28. The van der Waals surface area contributed by atoms with Crippen molar-refractivity contribution in [1.29, 1.82) is 0 Å². The van der Waals surface area contributed by atoms with Crippen LogP contribution in [-0.4, -0.2) is 19.8 Å². The molecule has 0 spiro atoms. The van der Waals surface area contributed by atoms with Gasteiger partial charge in [0.25, 0.3) is 0 Å². The third-order valence-electron chi connectivity index (χ3n) is 2.52. The van der Waals surface area contributed by atoms with Crippen LogP contribution in [0, 0.1) is 5.82 Å². The van der Waals surface area contributed by atoms with Crippen molar-refractivity contribution in [2.24, 2.45) is 0 Å². The summed E-state index contributed by atoms with van der Waals surface area (Å²) < 4.78 is 23.5. The quantitative estimate of drug-likeness (QED) is 0.889. The lowest BCUT2D eigenvalue weighted by Crippen LogP contribution is -2.35. The third kappa shape index (κ3) is 2.79. The molecule has 1 amide bonds. The van der Waals surface area contributed by atoms with Crippen LogP contribution in [0.1, 0.15) is 18.0 Å². The van der Waals surface area contributed by atoms with Crippen molar-refractivity contribution in [2.45, 2.75) is 12.5 Å². The van der Waals surface area contributed by atoms with Crippen LogP contribution < -0.4 is 10.1 Å². The Hall–Kier alpha value is -1.49. The van der Waals surface area contributed by atoms with Crippen LogP contribution in [0.5, 0.6) is 5.75 Å². The van der Waals surface area contributed by atoms with E-state index in [1.165, 1.54) is 7.11 Å². The van der Waals surface area contributed by atoms with Gasteiger partial charge in [0.15, 0.2) is 11.6 Å². The highest BCUT2D eigenvalue weighted by atomic mass is 35.5. The zero-order chi connectivity index (χ0) is 11.5. The number of hydrogen-bond acceptors (Lipinski definition) is 3. The second kappa shape index (κ2) is 5.72. The first-order valence-electron chi connectivity index (χ1n) is 4.98. The molecule has 1 heterocycles. The number of carbonyl (C=O) groups excluding carboxylic acids is 1. The number of carbonyl (C=O) groups is 1. The molecule has 0 aromatic heterocycles. The standard InChI is InChI=1S/C11H12FNO3.ClH/c1-15-9-4-2-3-7(10(9)12)8-5-6-16-11(14)13-8;/h2-4,8H,5-6H2,1H3,(H,13,14);1H/t8-;/m1./s1. The maximum atomic E-state index is 13.9. The number of alkyl carbamates (subject to hydrolysis) is 1. The third-order valence-corrected chi connectivity index (χ3v) is 2.52. The monoisotopic (exact) mass is 261 g/mol. The Bertz CT molecular complexity index is 414. The molecule has 6 heteroatoms. The van der Waals surface area contributed by atoms with Crippen LogP contribution in [0.3, 0.4) is 0 Å². The second-order valence-electron chi connectivity index (χ2n) is 3.49. The van der Waals surface area contributed by atoms with E-state index in [0.717, 1.165) is 0 Å². The number of rotatable bonds is 2. The number of methoxy groups -OCH3 is 1. The number of amides is 1. The van der Waals surface area contributed by atoms with E-state index < -0.39 is 11.9 Å². The van der Waals surface area contributed by atoms with E-state index in [1.54, 1.807) is 18.2 Å². The van der Waals surface area contributed by atoms with E-state index in [4.69, 9.17) is 9.47 Å². The summed E-state index contributed by atoms with van der Waals surface area (Å²) >= 11 is 0. The summed E-state index contributed by atoms with van der Waals surface area (Å²) in [6.07, 6.45) is 0.0361. The molecule has 1 aliphatic rings. The minimum absolute atomic E-state index is 0. The molecule has 1 fully saturated rings. The minimum Gasteiger partial charge on any atom is -0.494 e. The molecule has 0 aliphatic carbocycles. The van der Waals surface area contributed by atoms with Crippen LogP contribution in [0.25, 0.3) is 0 Å². The Balaban J connectivity index is 0.00000144. The SMILES string of the molecule is COc1cccc([C@H]2CCOC(=O)N2)c1F.Cl. The first-order chi connectivity index (χ1) is 7.72. The number of halogens is 2. The molecule has 1 aromatic rings. The van der Waals surface area contributed by atoms with Gasteiger partial charge in [-0.3, -0.25) is 0 Å². The van der Waals surface area contributed by atoms with Crippen molar-refractivity contribution < 1.29 is 18.7 Å². The molecular formula is C11H13ClFNO3. The summed E-state index contributed by atoms with van der Waals surface area (Å²) in [5.41, 5.74) is 0.427. The van der Waals surface area contributed by atoms with E-state index >= 15 is 0 Å². The van der Waals surface area contributed by atoms with Crippen molar-refractivity contribution in [2.75, 3.05) is 13.7 Å². The van der Waals surface area contributed by atoms with Crippen LogP contribution in [0.4, 0.5) is 9.18 Å². The minimum atomic E-state index is -0.515. The second-order valence-corrected chi connectivity index (χ2v) is 3.49. The van der Waals surface area contributed by atoms with Gasteiger partial charge < -0.3 is 14.8 Å². The molecular weight excluding hydrogens is 249 g/mol. The van der Waals surface area contributed by atoms with E-state index in [0.29, 0.717) is 18.6 Å². The van der Waals surface area contributed by atoms with Crippen LogP contribution in [-0.2, 0) is 4.74 Å². The summed E-state index contributed by atoms with van der Waals surface area (Å²) in [7, 11) is 1.41. The van der Waals surface area contributed by atoms with Gasteiger partial charge in [-0.25, -0.2) is 9.18 Å². The largest absolute Gasteiger partial charge is 0.494 e. The van der Waals surface area contributed by atoms with Crippen LogP contribution in [0.15, 0.2) is 18.2 Å². The average Bonchev–Trinajstić information content (AvgIpc) is 2.29. The molecule has 0 saturated carbocycles. The molecule has 0 bridgehead atoms. The first-order valence-corrected chi connectivity index (χ1v) is 4.98. The van der Waals surface area contributed by atoms with E-state index in [2.05, 4.69) is 5.32 Å². The molecule has 1 aliphatic heterocycles. The summed E-state index contributed by atoms with van der Waals surface area (Å²) in [6.45, 7) is 0.299. The number of hydrogen-bond donors (Lipinski definition) is 1. The number of ether oxygens (including phenoxy) is 2. The predicted octanol–water partition coefficient (Wildman–Crippen LogP) is 2.43. The summed E-state index contributed by atoms with van der Waals surface area (Å²) in [5, 5.41) is 2.57. The van der Waals surface area contributed by atoms with Gasteiger partial charge in [-0.05, 0) is 6.07 Å². The van der Waals surface area contributed by atoms with E-state index in [-0.39, 0.29) is 24.2 Å². The number of cyclic esters (lactones) is 1. The Kier molecular flexibility index (Phi) is 4.57. The Morgan fingerprint density at radius 3 is 2.94 bits per heavy atom. The average molecular weight is 262 g/mol. The lowest BCUT2D eigenvalue weighted by atomic mass is 10.0. The van der Waals surface area contributed by atoms with Crippen LogP contribution >= 0.6 is 12.4 Å². The fourth-order valence-corrected chi connectivity index (χ4v) is 1.71. The Labute approximate surface area is 105 Å². The summed E-state index contributed by atoms with van der Waals surface area (Å²) in [4.78, 5) is 11.0. The Morgan fingerprint density at radius 2 is 2.29 bits per heavy atom. The lowest BCUT2D eigenvalue weighted by Gasteiger charge is -2.24. The van der Waals surface area contributed by atoms with E-state index in [9.17, 15) is 9.18 Å². The molecule has 2 rings (SSSR count). The van der Waals surface area contributed by atoms with Gasteiger partial charge in [0.05, 0.1) is 19.8 Å². The number of nitrogens with one attached hydrogen (secondary N) is 1. The summed E-state index contributed by atoms with van der Waals surface area (Å²) in [6, 6.07) is 4.52. The first kappa shape index (κ1) is 13.6. The molecule has 1 aromatic carbocycles. The fraction of sp³-hybridized carbons (Fsp3) is 0.364. The maximum absolute atomic E-state index is 13.9. The smallest absolute Gasteiger partial charge is 0.407 e. The highest BCUT2D eigenvalue weighted by molar-refractivity contribution is 5.85. The van der Waals surface area contributed by atoms with Crippen molar-refractivity contribution in [1.82, 2.24) is 5.32 Å². The zero-order valence-electron chi connectivity index (χ0n) is 9.23. The molecule has 0 unspecified atom stereocenters. The molecule has 1 atom stereocenters. The Morgan fingerprint density at radius 1 is 1.53 bits per heavy atom. The molecule has 4 nitrogen and oxygen atoms in total. The van der Waals surface area contributed by atoms with Crippen molar-refractivity contribution in [3.63, 3.8) is 0 Å². The van der Waals surface area contributed by atoms with Gasteiger partial charge >= 0.3 is 6.09 Å². The van der Waals surface area contributed by atoms with Gasteiger partial charge in [0.1, 0.15) is 0 Å². The van der Waals surface area contributed by atoms with E-state index in [1.807, 2.05) is 0 Å². The fourth-order valence-electron chi connectivity index (χ4n) is 1.71. The highest BCUT2D eigenvalue weighted by Gasteiger charge is 2.24.